The molecule has 96 valence electrons. The number of hydrogen-bond acceptors (Lipinski definition) is 4. The van der Waals surface area contributed by atoms with Gasteiger partial charge in [-0.25, -0.2) is 0 Å². The third kappa shape index (κ3) is 2.20. The summed E-state index contributed by atoms with van der Waals surface area (Å²) in [5.74, 6) is 0.693. The third-order valence-electron chi connectivity index (χ3n) is 3.56. The van der Waals surface area contributed by atoms with E-state index in [0.29, 0.717) is 5.92 Å². The van der Waals surface area contributed by atoms with E-state index in [1.54, 1.807) is 0 Å². The molecule has 1 aliphatic rings. The van der Waals surface area contributed by atoms with Gasteiger partial charge in [0.2, 0.25) is 0 Å². The highest BCUT2D eigenvalue weighted by Crippen LogP contribution is 2.25. The number of hydrogen-bond donors (Lipinski definition) is 1. The molecule has 0 bridgehead atoms. The standard InChI is InChI=1S/C14H19N3O/c1-15-9-11-5-4-8-17(10-11)14-16-12-6-2-3-7-13(12)18-14/h2-3,6-7,11,15H,4-5,8-10H2,1H3. The van der Waals surface area contributed by atoms with Crippen LogP contribution in [0.2, 0.25) is 0 Å². The van der Waals surface area contributed by atoms with Gasteiger partial charge in [-0.15, -0.1) is 0 Å². The van der Waals surface area contributed by atoms with Crippen molar-refractivity contribution in [3.8, 4) is 0 Å². The minimum Gasteiger partial charge on any atom is -0.423 e. The van der Waals surface area contributed by atoms with Crippen LogP contribution < -0.4 is 10.2 Å². The lowest BCUT2D eigenvalue weighted by molar-refractivity contribution is 0.386. The van der Waals surface area contributed by atoms with E-state index in [4.69, 9.17) is 4.42 Å². The second-order valence-corrected chi connectivity index (χ2v) is 4.98. The van der Waals surface area contributed by atoms with Gasteiger partial charge in [-0.2, -0.15) is 4.98 Å². The van der Waals surface area contributed by atoms with Gasteiger partial charge in [-0.1, -0.05) is 12.1 Å². The molecule has 2 aromatic rings. The zero-order valence-corrected chi connectivity index (χ0v) is 10.7. The molecule has 1 aromatic carbocycles. The van der Waals surface area contributed by atoms with Gasteiger partial charge in [0.25, 0.3) is 6.01 Å². The number of piperidine rings is 1. The Labute approximate surface area is 107 Å². The second-order valence-electron chi connectivity index (χ2n) is 4.98. The van der Waals surface area contributed by atoms with Gasteiger partial charge < -0.3 is 14.6 Å². The predicted molar refractivity (Wildman–Crippen MR) is 72.9 cm³/mol. The second kappa shape index (κ2) is 4.98. The monoisotopic (exact) mass is 245 g/mol. The number of fused-ring (bicyclic) bond motifs is 1. The molecule has 0 spiro atoms. The molecule has 3 rings (SSSR count). The van der Waals surface area contributed by atoms with Gasteiger partial charge >= 0.3 is 0 Å². The van der Waals surface area contributed by atoms with Crippen LogP contribution in [-0.2, 0) is 0 Å². The average Bonchev–Trinajstić information content (AvgIpc) is 2.83. The summed E-state index contributed by atoms with van der Waals surface area (Å²) in [6.45, 7) is 3.15. The van der Waals surface area contributed by atoms with Crippen molar-refractivity contribution >= 4 is 17.1 Å². The summed E-state index contributed by atoms with van der Waals surface area (Å²) in [7, 11) is 2.01. The summed E-state index contributed by atoms with van der Waals surface area (Å²) < 4.78 is 5.83. The number of aromatic nitrogens is 1. The summed E-state index contributed by atoms with van der Waals surface area (Å²) in [4.78, 5) is 6.84. The molecule has 2 heterocycles. The molecular weight excluding hydrogens is 226 g/mol. The average molecular weight is 245 g/mol. The maximum absolute atomic E-state index is 5.83. The minimum absolute atomic E-state index is 0.693. The molecule has 4 heteroatoms. The molecule has 1 aromatic heterocycles. The van der Waals surface area contributed by atoms with E-state index in [-0.39, 0.29) is 0 Å². The van der Waals surface area contributed by atoms with E-state index in [0.717, 1.165) is 36.7 Å². The molecule has 1 saturated heterocycles. The number of rotatable bonds is 3. The number of benzene rings is 1. The van der Waals surface area contributed by atoms with Crippen molar-refractivity contribution in [2.45, 2.75) is 12.8 Å². The van der Waals surface area contributed by atoms with Crippen molar-refractivity contribution in [1.29, 1.82) is 0 Å². The van der Waals surface area contributed by atoms with Gasteiger partial charge in [-0.05, 0) is 44.5 Å². The molecule has 0 amide bonds. The summed E-state index contributed by atoms with van der Waals surface area (Å²) in [5.41, 5.74) is 1.83. The van der Waals surface area contributed by atoms with E-state index in [1.165, 1.54) is 12.8 Å². The van der Waals surface area contributed by atoms with E-state index in [2.05, 4.69) is 15.2 Å². The van der Waals surface area contributed by atoms with Crippen LogP contribution in [0.3, 0.4) is 0 Å². The number of para-hydroxylation sites is 2. The first-order valence-corrected chi connectivity index (χ1v) is 6.62. The zero-order chi connectivity index (χ0) is 12.4. The normalized spacial score (nSPS) is 20.5. The van der Waals surface area contributed by atoms with Crippen molar-refractivity contribution in [1.82, 2.24) is 10.3 Å². The van der Waals surface area contributed by atoms with Crippen LogP contribution >= 0.6 is 0 Å². The number of anilines is 1. The minimum atomic E-state index is 0.693. The maximum atomic E-state index is 5.83. The Balaban J connectivity index is 1.80. The largest absolute Gasteiger partial charge is 0.423 e. The summed E-state index contributed by atoms with van der Waals surface area (Å²) in [6, 6.07) is 8.72. The van der Waals surface area contributed by atoms with E-state index in [9.17, 15) is 0 Å². The molecule has 1 aliphatic heterocycles. The SMILES string of the molecule is CNCC1CCCN(c2nc3ccccc3o2)C1. The van der Waals surface area contributed by atoms with Crippen LogP contribution in [0.15, 0.2) is 28.7 Å². The smallest absolute Gasteiger partial charge is 0.298 e. The lowest BCUT2D eigenvalue weighted by Crippen LogP contribution is -2.39. The van der Waals surface area contributed by atoms with Gasteiger partial charge in [0.15, 0.2) is 5.58 Å². The van der Waals surface area contributed by atoms with E-state index >= 15 is 0 Å². The molecule has 4 nitrogen and oxygen atoms in total. The molecule has 18 heavy (non-hydrogen) atoms. The van der Waals surface area contributed by atoms with Crippen molar-refractivity contribution < 1.29 is 4.42 Å². The highest BCUT2D eigenvalue weighted by atomic mass is 16.4. The highest BCUT2D eigenvalue weighted by Gasteiger charge is 2.22. The van der Waals surface area contributed by atoms with Crippen LogP contribution in [0.5, 0.6) is 0 Å². The maximum Gasteiger partial charge on any atom is 0.298 e. The third-order valence-corrected chi connectivity index (χ3v) is 3.56. The Morgan fingerprint density at radius 3 is 3.17 bits per heavy atom. The lowest BCUT2D eigenvalue weighted by atomic mass is 9.98. The molecule has 1 unspecified atom stereocenters. The number of nitrogens with zero attached hydrogens (tertiary/aromatic N) is 2. The van der Waals surface area contributed by atoms with Gasteiger partial charge in [0, 0.05) is 13.1 Å². The first-order chi connectivity index (χ1) is 8.86. The van der Waals surface area contributed by atoms with E-state index in [1.807, 2.05) is 31.3 Å². The predicted octanol–water partition coefficient (Wildman–Crippen LogP) is 2.26. The summed E-state index contributed by atoms with van der Waals surface area (Å²) in [6.07, 6.45) is 2.50. The molecular formula is C14H19N3O. The quantitative estimate of drug-likeness (QED) is 0.900. The van der Waals surface area contributed by atoms with Crippen molar-refractivity contribution in [3.63, 3.8) is 0 Å². The highest BCUT2D eigenvalue weighted by molar-refractivity contribution is 5.74. The lowest BCUT2D eigenvalue weighted by Gasteiger charge is -2.31. The Hall–Kier alpha value is -1.55. The topological polar surface area (TPSA) is 41.3 Å². The van der Waals surface area contributed by atoms with Crippen LogP contribution in [0, 0.1) is 5.92 Å². The Morgan fingerprint density at radius 1 is 1.44 bits per heavy atom. The van der Waals surface area contributed by atoms with E-state index < -0.39 is 0 Å². The Bertz CT molecular complexity index is 487. The molecule has 1 fully saturated rings. The fourth-order valence-electron chi connectivity index (χ4n) is 2.69. The van der Waals surface area contributed by atoms with Crippen LogP contribution in [0.25, 0.3) is 11.1 Å². The van der Waals surface area contributed by atoms with Gasteiger partial charge in [0.05, 0.1) is 0 Å². The van der Waals surface area contributed by atoms with Crippen molar-refractivity contribution in [3.05, 3.63) is 24.3 Å². The molecule has 0 radical (unpaired) electrons. The fraction of sp³-hybridized carbons (Fsp3) is 0.500. The van der Waals surface area contributed by atoms with Crippen LogP contribution in [-0.4, -0.2) is 31.7 Å². The molecule has 0 aliphatic carbocycles. The van der Waals surface area contributed by atoms with Crippen molar-refractivity contribution in [2.24, 2.45) is 5.92 Å². The Kier molecular flexibility index (Phi) is 3.19. The van der Waals surface area contributed by atoms with Crippen LogP contribution in [0.4, 0.5) is 6.01 Å². The Morgan fingerprint density at radius 2 is 2.33 bits per heavy atom. The van der Waals surface area contributed by atoms with Gasteiger partial charge in [-0.3, -0.25) is 0 Å². The first-order valence-electron chi connectivity index (χ1n) is 6.62. The molecule has 1 N–H and O–H groups in total. The summed E-state index contributed by atoms with van der Waals surface area (Å²) in [5, 5.41) is 3.26. The number of oxazole rings is 1. The fourth-order valence-corrected chi connectivity index (χ4v) is 2.69. The zero-order valence-electron chi connectivity index (χ0n) is 10.7. The number of nitrogens with one attached hydrogen (secondary N) is 1. The van der Waals surface area contributed by atoms with Crippen LogP contribution in [0.1, 0.15) is 12.8 Å². The molecule has 0 saturated carbocycles. The van der Waals surface area contributed by atoms with Gasteiger partial charge in [0.1, 0.15) is 5.52 Å². The summed E-state index contributed by atoms with van der Waals surface area (Å²) >= 11 is 0. The first kappa shape index (κ1) is 11.5. The molecule has 1 atom stereocenters. The van der Waals surface area contributed by atoms with Crippen molar-refractivity contribution in [2.75, 3.05) is 31.6 Å².